The summed E-state index contributed by atoms with van der Waals surface area (Å²) in [5.74, 6) is 0.745. The highest BCUT2D eigenvalue weighted by Crippen LogP contribution is 2.13. The van der Waals surface area contributed by atoms with Gasteiger partial charge in [-0.2, -0.15) is 0 Å². The van der Waals surface area contributed by atoms with Crippen LogP contribution in [0.15, 0.2) is 12.4 Å². The third kappa shape index (κ3) is 2.27. The SMILES string of the molecule is CC1CN(c2cnc(C(=N)N)cn2)CCO1. The van der Waals surface area contributed by atoms with Gasteiger partial charge >= 0.3 is 0 Å². The Hall–Kier alpha value is -1.69. The summed E-state index contributed by atoms with van der Waals surface area (Å²) in [5, 5.41) is 7.22. The fraction of sp³-hybridized carbons (Fsp3) is 0.500. The van der Waals surface area contributed by atoms with Crippen molar-refractivity contribution in [2.45, 2.75) is 13.0 Å². The third-order valence-electron chi connectivity index (χ3n) is 2.48. The Kier molecular flexibility index (Phi) is 3.00. The molecule has 6 nitrogen and oxygen atoms in total. The van der Waals surface area contributed by atoms with Gasteiger partial charge in [-0.25, -0.2) is 9.97 Å². The van der Waals surface area contributed by atoms with Crippen LogP contribution in [0.5, 0.6) is 0 Å². The van der Waals surface area contributed by atoms with Gasteiger partial charge in [0.2, 0.25) is 0 Å². The lowest BCUT2D eigenvalue weighted by atomic mass is 10.3. The highest BCUT2D eigenvalue weighted by molar-refractivity contribution is 5.92. The molecule has 6 heteroatoms. The van der Waals surface area contributed by atoms with E-state index in [1.54, 1.807) is 6.20 Å². The molecule has 1 saturated heterocycles. The summed E-state index contributed by atoms with van der Waals surface area (Å²) >= 11 is 0. The zero-order valence-corrected chi connectivity index (χ0v) is 9.18. The van der Waals surface area contributed by atoms with E-state index < -0.39 is 0 Å². The van der Waals surface area contributed by atoms with Crippen LogP contribution < -0.4 is 10.6 Å². The van der Waals surface area contributed by atoms with Crippen molar-refractivity contribution in [3.05, 3.63) is 18.1 Å². The molecule has 0 saturated carbocycles. The molecule has 1 aromatic rings. The van der Waals surface area contributed by atoms with Crippen molar-refractivity contribution in [3.8, 4) is 0 Å². The molecule has 1 unspecified atom stereocenters. The molecule has 1 aromatic heterocycles. The van der Waals surface area contributed by atoms with Gasteiger partial charge in [0.05, 0.1) is 25.1 Å². The average molecular weight is 221 g/mol. The number of nitrogens with two attached hydrogens (primary N) is 1. The van der Waals surface area contributed by atoms with E-state index in [2.05, 4.69) is 14.9 Å². The summed E-state index contributed by atoms with van der Waals surface area (Å²) in [6.07, 6.45) is 3.38. The van der Waals surface area contributed by atoms with Crippen LogP contribution >= 0.6 is 0 Å². The lowest BCUT2D eigenvalue weighted by molar-refractivity contribution is 0.0529. The van der Waals surface area contributed by atoms with Crippen LogP contribution in [-0.4, -0.2) is 41.6 Å². The number of morpholine rings is 1. The third-order valence-corrected chi connectivity index (χ3v) is 2.48. The molecular formula is C10H15N5O. The summed E-state index contributed by atoms with van der Waals surface area (Å²) < 4.78 is 5.45. The van der Waals surface area contributed by atoms with Gasteiger partial charge in [0.1, 0.15) is 17.3 Å². The molecule has 0 aliphatic carbocycles. The smallest absolute Gasteiger partial charge is 0.147 e. The molecule has 0 aromatic carbocycles. The van der Waals surface area contributed by atoms with E-state index in [9.17, 15) is 0 Å². The average Bonchev–Trinajstić information content (AvgIpc) is 2.29. The first-order valence-corrected chi connectivity index (χ1v) is 5.20. The minimum absolute atomic E-state index is 0.0607. The Bertz CT molecular complexity index is 377. The molecule has 0 amide bonds. The topological polar surface area (TPSA) is 88.1 Å². The van der Waals surface area contributed by atoms with Gasteiger partial charge in [-0.15, -0.1) is 0 Å². The highest BCUT2D eigenvalue weighted by Gasteiger charge is 2.18. The lowest BCUT2D eigenvalue weighted by Crippen LogP contribution is -2.41. The maximum absolute atomic E-state index is 7.22. The first kappa shape index (κ1) is 10.8. The first-order chi connectivity index (χ1) is 7.66. The van der Waals surface area contributed by atoms with Crippen molar-refractivity contribution in [1.29, 1.82) is 5.41 Å². The number of nitrogens with one attached hydrogen (secondary N) is 1. The van der Waals surface area contributed by atoms with E-state index in [4.69, 9.17) is 15.9 Å². The van der Waals surface area contributed by atoms with E-state index in [-0.39, 0.29) is 11.9 Å². The highest BCUT2D eigenvalue weighted by atomic mass is 16.5. The van der Waals surface area contributed by atoms with Crippen LogP contribution in [0.1, 0.15) is 12.6 Å². The molecule has 86 valence electrons. The van der Waals surface area contributed by atoms with Gasteiger partial charge in [-0.05, 0) is 6.92 Å². The van der Waals surface area contributed by atoms with Crippen molar-refractivity contribution in [2.75, 3.05) is 24.6 Å². The number of nitrogen functional groups attached to an aromatic ring is 1. The van der Waals surface area contributed by atoms with Gasteiger partial charge < -0.3 is 15.4 Å². The van der Waals surface area contributed by atoms with Crippen molar-refractivity contribution in [3.63, 3.8) is 0 Å². The molecule has 2 rings (SSSR count). The van der Waals surface area contributed by atoms with E-state index in [0.717, 1.165) is 18.9 Å². The number of nitrogens with zero attached hydrogens (tertiary/aromatic N) is 3. The number of amidine groups is 1. The molecule has 1 aliphatic rings. The second kappa shape index (κ2) is 4.44. The normalized spacial score (nSPS) is 20.8. The van der Waals surface area contributed by atoms with Gasteiger partial charge in [0.25, 0.3) is 0 Å². The zero-order chi connectivity index (χ0) is 11.5. The number of hydrogen-bond donors (Lipinski definition) is 2. The molecule has 1 fully saturated rings. The Labute approximate surface area is 94.0 Å². The maximum Gasteiger partial charge on any atom is 0.147 e. The van der Waals surface area contributed by atoms with Gasteiger partial charge in [-0.1, -0.05) is 0 Å². The monoisotopic (exact) mass is 221 g/mol. The standard InChI is InChI=1S/C10H15N5O/c1-7-6-15(2-3-16-7)9-5-13-8(4-14-9)10(11)12/h4-5,7H,2-3,6H2,1H3,(H3,11,12). The summed E-state index contributed by atoms with van der Waals surface area (Å²) in [7, 11) is 0. The van der Waals surface area contributed by atoms with Crippen molar-refractivity contribution < 1.29 is 4.74 Å². The van der Waals surface area contributed by atoms with Gasteiger partial charge in [0, 0.05) is 13.1 Å². The van der Waals surface area contributed by atoms with E-state index in [1.807, 2.05) is 6.92 Å². The van der Waals surface area contributed by atoms with E-state index in [1.165, 1.54) is 6.20 Å². The fourth-order valence-corrected chi connectivity index (χ4v) is 1.65. The van der Waals surface area contributed by atoms with Gasteiger partial charge in [-0.3, -0.25) is 5.41 Å². The number of rotatable bonds is 2. The molecule has 1 atom stereocenters. The van der Waals surface area contributed by atoms with Crippen LogP contribution in [0.3, 0.4) is 0 Å². The quantitative estimate of drug-likeness (QED) is 0.541. The number of ether oxygens (including phenoxy) is 1. The molecule has 1 aliphatic heterocycles. The van der Waals surface area contributed by atoms with Gasteiger partial charge in [0.15, 0.2) is 0 Å². The van der Waals surface area contributed by atoms with Crippen molar-refractivity contribution in [1.82, 2.24) is 9.97 Å². The summed E-state index contributed by atoms with van der Waals surface area (Å²) in [6.45, 7) is 4.37. The molecular weight excluding hydrogens is 206 g/mol. The van der Waals surface area contributed by atoms with E-state index >= 15 is 0 Å². The molecule has 0 radical (unpaired) electrons. The number of hydrogen-bond acceptors (Lipinski definition) is 5. The minimum Gasteiger partial charge on any atom is -0.382 e. The molecule has 0 bridgehead atoms. The zero-order valence-electron chi connectivity index (χ0n) is 9.18. The van der Waals surface area contributed by atoms with Crippen LogP contribution in [0.2, 0.25) is 0 Å². The predicted octanol–water partition coefficient (Wildman–Crippen LogP) is -0.0142. The molecule has 16 heavy (non-hydrogen) atoms. The van der Waals surface area contributed by atoms with Crippen molar-refractivity contribution in [2.24, 2.45) is 5.73 Å². The largest absolute Gasteiger partial charge is 0.382 e. The number of aromatic nitrogens is 2. The Morgan fingerprint density at radius 3 is 2.94 bits per heavy atom. The second-order valence-corrected chi connectivity index (χ2v) is 3.80. The lowest BCUT2D eigenvalue weighted by Gasteiger charge is -2.31. The maximum atomic E-state index is 7.22. The van der Waals surface area contributed by atoms with Crippen LogP contribution in [-0.2, 0) is 4.74 Å². The van der Waals surface area contributed by atoms with Crippen LogP contribution in [0, 0.1) is 5.41 Å². The summed E-state index contributed by atoms with van der Waals surface area (Å²) in [5.41, 5.74) is 5.72. The number of anilines is 1. The Morgan fingerprint density at radius 1 is 1.56 bits per heavy atom. The van der Waals surface area contributed by atoms with E-state index in [0.29, 0.717) is 12.3 Å². The Morgan fingerprint density at radius 2 is 2.38 bits per heavy atom. The van der Waals surface area contributed by atoms with Crippen LogP contribution in [0.25, 0.3) is 0 Å². The molecule has 3 N–H and O–H groups in total. The predicted molar refractivity (Wildman–Crippen MR) is 60.7 cm³/mol. The minimum atomic E-state index is -0.0607. The first-order valence-electron chi connectivity index (χ1n) is 5.20. The molecule has 0 spiro atoms. The summed E-state index contributed by atoms with van der Waals surface area (Å²) in [6, 6.07) is 0. The van der Waals surface area contributed by atoms with Crippen molar-refractivity contribution >= 4 is 11.7 Å². The fourth-order valence-electron chi connectivity index (χ4n) is 1.65. The molecule has 2 heterocycles. The summed E-state index contributed by atoms with van der Waals surface area (Å²) in [4.78, 5) is 10.4. The van der Waals surface area contributed by atoms with Crippen LogP contribution in [0.4, 0.5) is 5.82 Å². The second-order valence-electron chi connectivity index (χ2n) is 3.80. The Balaban J connectivity index is 2.11.